The van der Waals surface area contributed by atoms with E-state index in [1.807, 2.05) is 11.6 Å². The van der Waals surface area contributed by atoms with Gasteiger partial charge in [-0.05, 0) is 75.8 Å². The molecule has 0 atom stereocenters. The van der Waals surface area contributed by atoms with E-state index in [0.717, 1.165) is 42.4 Å². The van der Waals surface area contributed by atoms with Crippen LogP contribution in [-0.2, 0) is 34.1 Å². The second-order valence-electron chi connectivity index (χ2n) is 9.26. The normalized spacial score (nSPS) is 13.0. The number of urea groups is 1. The lowest BCUT2D eigenvalue weighted by atomic mass is 9.95. The summed E-state index contributed by atoms with van der Waals surface area (Å²) in [6.07, 6.45) is 4.61. The van der Waals surface area contributed by atoms with Crippen LogP contribution < -0.4 is 10.0 Å². The molecule has 4 rings (SSSR count). The molecule has 0 aliphatic heterocycles. The van der Waals surface area contributed by atoms with Crippen LogP contribution in [0, 0.1) is 6.92 Å². The number of carbonyl (C=O) groups excluding carboxylic acids is 2. The van der Waals surface area contributed by atoms with Gasteiger partial charge in [-0.15, -0.1) is 0 Å². The minimum atomic E-state index is -4.05. The minimum absolute atomic E-state index is 0.0441. The summed E-state index contributed by atoms with van der Waals surface area (Å²) in [6, 6.07) is 11.1. The van der Waals surface area contributed by atoms with Crippen LogP contribution in [0.4, 0.5) is 10.5 Å². The van der Waals surface area contributed by atoms with Gasteiger partial charge >= 0.3 is 12.0 Å². The van der Waals surface area contributed by atoms with Crippen LogP contribution in [0.2, 0.25) is 0 Å². The van der Waals surface area contributed by atoms with E-state index in [2.05, 4.69) is 5.32 Å². The van der Waals surface area contributed by atoms with Gasteiger partial charge in [-0.2, -0.15) is 0 Å². The van der Waals surface area contributed by atoms with Crippen molar-refractivity contribution < 1.29 is 33.0 Å². The number of ether oxygens (including phenoxy) is 1. The maximum Gasteiger partial charge on any atom is 0.338 e. The van der Waals surface area contributed by atoms with Crippen molar-refractivity contribution in [1.82, 2.24) is 9.29 Å². The van der Waals surface area contributed by atoms with Crippen LogP contribution in [0.15, 0.2) is 53.4 Å². The molecule has 1 aliphatic carbocycles. The highest BCUT2D eigenvalue weighted by molar-refractivity contribution is 7.90. The number of esters is 1. The van der Waals surface area contributed by atoms with E-state index in [1.165, 1.54) is 34.9 Å². The lowest BCUT2D eigenvalue weighted by molar-refractivity contribution is 0.0496. The maximum absolute atomic E-state index is 12.5. The van der Waals surface area contributed by atoms with Crippen molar-refractivity contribution in [2.45, 2.75) is 56.9 Å². The Morgan fingerprint density at radius 3 is 2.29 bits per heavy atom. The zero-order chi connectivity index (χ0) is 27.3. The molecular formula is C27H31N3O7S. The topological polar surface area (TPSA) is 147 Å². The summed E-state index contributed by atoms with van der Waals surface area (Å²) in [5, 5.41) is 23.2. The van der Waals surface area contributed by atoms with Gasteiger partial charge in [0.1, 0.15) is 0 Å². The van der Waals surface area contributed by atoms with Crippen LogP contribution in [0.25, 0.3) is 0 Å². The summed E-state index contributed by atoms with van der Waals surface area (Å²) in [5.41, 5.74) is 2.95. The van der Waals surface area contributed by atoms with Crippen molar-refractivity contribution in [3.05, 3.63) is 70.8 Å². The Balaban J connectivity index is 1.25. The van der Waals surface area contributed by atoms with Gasteiger partial charge in [0.25, 0.3) is 10.0 Å². The number of fused-ring (bicyclic) bond motifs is 1. The molecule has 1 heterocycles. The SMILES string of the molecule is Cc1ccc(S(=O)(=O)NC(=O)Nc2cccc(C(=O)OCCCCn3c(O)c4c(c3O)CCCC4)c2)cc1. The summed E-state index contributed by atoms with van der Waals surface area (Å²) in [5.74, 6) is -0.355. The van der Waals surface area contributed by atoms with Gasteiger partial charge in [0.05, 0.1) is 17.1 Å². The van der Waals surface area contributed by atoms with Crippen molar-refractivity contribution in [2.75, 3.05) is 11.9 Å². The number of nitrogens with one attached hydrogen (secondary N) is 2. The van der Waals surface area contributed by atoms with Gasteiger partial charge < -0.3 is 20.3 Å². The van der Waals surface area contributed by atoms with Crippen LogP contribution in [0.5, 0.6) is 11.8 Å². The molecule has 1 aliphatic rings. The lowest BCUT2D eigenvalue weighted by Gasteiger charge is -2.10. The summed E-state index contributed by atoms with van der Waals surface area (Å²) in [6.45, 7) is 2.36. The zero-order valence-corrected chi connectivity index (χ0v) is 21.9. The van der Waals surface area contributed by atoms with Gasteiger partial charge in [0, 0.05) is 23.4 Å². The van der Waals surface area contributed by atoms with Crippen LogP contribution in [-0.4, -0.2) is 41.8 Å². The van der Waals surface area contributed by atoms with E-state index >= 15 is 0 Å². The van der Waals surface area contributed by atoms with Crippen molar-refractivity contribution in [1.29, 1.82) is 0 Å². The van der Waals surface area contributed by atoms with E-state index < -0.39 is 22.0 Å². The number of amides is 2. The Morgan fingerprint density at radius 1 is 0.974 bits per heavy atom. The number of aromatic nitrogens is 1. The minimum Gasteiger partial charge on any atom is -0.494 e. The second kappa shape index (κ2) is 11.6. The van der Waals surface area contributed by atoms with E-state index in [9.17, 15) is 28.2 Å². The summed E-state index contributed by atoms with van der Waals surface area (Å²) in [7, 11) is -4.05. The van der Waals surface area contributed by atoms with E-state index in [0.29, 0.717) is 19.4 Å². The molecule has 0 saturated heterocycles. The third-order valence-electron chi connectivity index (χ3n) is 6.44. The molecule has 0 saturated carbocycles. The van der Waals surface area contributed by atoms with Crippen molar-refractivity contribution in [3.63, 3.8) is 0 Å². The van der Waals surface area contributed by atoms with Crippen molar-refractivity contribution in [2.24, 2.45) is 0 Å². The van der Waals surface area contributed by atoms with Gasteiger partial charge in [0.2, 0.25) is 0 Å². The van der Waals surface area contributed by atoms with Gasteiger partial charge in [0.15, 0.2) is 11.8 Å². The molecule has 0 fully saturated rings. The largest absolute Gasteiger partial charge is 0.494 e. The fraction of sp³-hybridized carbons (Fsp3) is 0.333. The Hall–Kier alpha value is -3.99. The summed E-state index contributed by atoms with van der Waals surface area (Å²) >= 11 is 0. The lowest BCUT2D eigenvalue weighted by Crippen LogP contribution is -2.34. The highest BCUT2D eigenvalue weighted by Gasteiger charge is 2.24. The molecule has 38 heavy (non-hydrogen) atoms. The number of aromatic hydroxyl groups is 2. The second-order valence-corrected chi connectivity index (χ2v) is 10.9. The number of nitrogens with zero attached hydrogens (tertiary/aromatic N) is 1. The molecule has 3 aromatic rings. The molecule has 10 nitrogen and oxygen atoms in total. The Bertz CT molecular complexity index is 1400. The number of unbranched alkanes of at least 4 members (excludes halogenated alkanes) is 1. The summed E-state index contributed by atoms with van der Waals surface area (Å²) in [4.78, 5) is 24.7. The first-order valence-corrected chi connectivity index (χ1v) is 13.9. The third-order valence-corrected chi connectivity index (χ3v) is 7.79. The first-order valence-electron chi connectivity index (χ1n) is 12.5. The quantitative estimate of drug-likeness (QED) is 0.234. The van der Waals surface area contributed by atoms with E-state index in [-0.39, 0.29) is 34.5 Å². The molecule has 2 aromatic carbocycles. The fourth-order valence-electron chi connectivity index (χ4n) is 4.44. The monoisotopic (exact) mass is 541 g/mol. The zero-order valence-electron chi connectivity index (χ0n) is 21.1. The summed E-state index contributed by atoms with van der Waals surface area (Å²) < 4.78 is 33.6. The molecule has 1 aromatic heterocycles. The van der Waals surface area contributed by atoms with Gasteiger partial charge in [-0.3, -0.25) is 4.57 Å². The first-order chi connectivity index (χ1) is 18.2. The van der Waals surface area contributed by atoms with Gasteiger partial charge in [-0.1, -0.05) is 23.8 Å². The maximum atomic E-state index is 12.5. The number of anilines is 1. The van der Waals surface area contributed by atoms with Crippen LogP contribution >= 0.6 is 0 Å². The number of aryl methyl sites for hydroxylation is 1. The number of hydrogen-bond donors (Lipinski definition) is 4. The molecule has 0 radical (unpaired) electrons. The predicted molar refractivity (Wildman–Crippen MR) is 141 cm³/mol. The number of rotatable bonds is 9. The molecule has 11 heteroatoms. The van der Waals surface area contributed by atoms with Crippen molar-refractivity contribution in [3.8, 4) is 11.8 Å². The standard InChI is InChI=1S/C27H31N3O7S/c1-18-11-13-21(14-12-18)38(35,36)29-27(34)28-20-8-6-7-19(17-20)26(33)37-16-5-4-15-30-24(31)22-9-2-3-10-23(22)25(30)32/h6-8,11-14,17,31-32H,2-5,9-10,15-16H2,1H3,(H2,28,29,34). The predicted octanol–water partition coefficient (Wildman–Crippen LogP) is 4.23. The Kier molecular flexibility index (Phi) is 8.26. The van der Waals surface area contributed by atoms with Crippen LogP contribution in [0.1, 0.15) is 52.7 Å². The number of benzene rings is 2. The molecule has 4 N–H and O–H groups in total. The van der Waals surface area contributed by atoms with Crippen LogP contribution in [0.3, 0.4) is 0 Å². The molecule has 0 bridgehead atoms. The molecular weight excluding hydrogens is 510 g/mol. The molecule has 0 unspecified atom stereocenters. The Labute approximate surface area is 221 Å². The van der Waals surface area contributed by atoms with E-state index in [1.54, 1.807) is 18.2 Å². The third kappa shape index (κ3) is 6.28. The van der Waals surface area contributed by atoms with Crippen molar-refractivity contribution >= 4 is 27.7 Å². The highest BCUT2D eigenvalue weighted by Crippen LogP contribution is 2.38. The molecule has 2 amide bonds. The van der Waals surface area contributed by atoms with E-state index in [4.69, 9.17) is 4.74 Å². The first kappa shape index (κ1) is 27.1. The average molecular weight is 542 g/mol. The highest BCUT2D eigenvalue weighted by atomic mass is 32.2. The number of carbonyl (C=O) groups is 2. The molecule has 0 spiro atoms. The average Bonchev–Trinajstić information content (AvgIpc) is 3.13. The number of sulfonamides is 1. The Morgan fingerprint density at radius 2 is 1.63 bits per heavy atom. The molecule has 202 valence electrons. The number of hydrogen-bond acceptors (Lipinski definition) is 7. The smallest absolute Gasteiger partial charge is 0.338 e. The van der Waals surface area contributed by atoms with Gasteiger partial charge in [-0.25, -0.2) is 22.7 Å². The fourth-order valence-corrected chi connectivity index (χ4v) is 5.34.